The molecule has 1 aliphatic carbocycles. The smallest absolute Gasteiger partial charge is 0.258 e. The predicted octanol–water partition coefficient (Wildman–Crippen LogP) is 3.25. The molecule has 1 spiro atoms. The Morgan fingerprint density at radius 1 is 1.16 bits per heavy atom. The first-order valence-corrected chi connectivity index (χ1v) is 11.5. The Bertz CT molecular complexity index is 836. The molecule has 2 aliphatic heterocycles. The number of ether oxygens (including phenoxy) is 2. The number of rotatable bonds is 4. The van der Waals surface area contributed by atoms with Gasteiger partial charge in [0.1, 0.15) is 17.1 Å². The third-order valence-corrected chi connectivity index (χ3v) is 6.77. The van der Waals surface area contributed by atoms with Crippen LogP contribution in [0.15, 0.2) is 18.2 Å². The zero-order valence-corrected chi connectivity index (χ0v) is 18.3. The Morgan fingerprint density at radius 2 is 1.87 bits per heavy atom. The summed E-state index contributed by atoms with van der Waals surface area (Å²) in [5.74, 6) is 1.01. The molecular weight excluding hydrogens is 396 g/mol. The summed E-state index contributed by atoms with van der Waals surface area (Å²) < 4.78 is 12.0. The summed E-state index contributed by atoms with van der Waals surface area (Å²) in [6.45, 7) is 2.70. The Hall–Kier alpha value is -2.57. The van der Waals surface area contributed by atoms with Gasteiger partial charge in [0, 0.05) is 45.0 Å². The molecule has 1 aromatic rings. The van der Waals surface area contributed by atoms with Crippen LogP contribution in [0.5, 0.6) is 11.5 Å². The summed E-state index contributed by atoms with van der Waals surface area (Å²) in [6, 6.07) is 5.39. The van der Waals surface area contributed by atoms with Gasteiger partial charge in [-0.1, -0.05) is 25.7 Å². The molecule has 0 aromatic heterocycles. The minimum atomic E-state index is -0.564. The highest BCUT2D eigenvalue weighted by Crippen LogP contribution is 2.40. The molecule has 3 aliphatic rings. The Labute approximate surface area is 183 Å². The Morgan fingerprint density at radius 3 is 2.55 bits per heavy atom. The summed E-state index contributed by atoms with van der Waals surface area (Å²) in [6.07, 6.45) is 8.46. The fourth-order valence-electron chi connectivity index (χ4n) is 4.91. The number of likely N-dealkylation sites (tertiary alicyclic amines) is 1. The summed E-state index contributed by atoms with van der Waals surface area (Å²) in [5.41, 5.74) is -0.0132. The van der Waals surface area contributed by atoms with Gasteiger partial charge < -0.3 is 19.7 Å². The molecule has 1 saturated heterocycles. The standard InChI is InChI=1S/C24H32N2O5/c1-17(27)26-12-10-24(11-13-26)15-21(28)20-9-8-19(14-22(20)31-24)30-16-23(29)25-18-6-4-2-3-5-7-18/h8-9,14,18H,2-7,10-13,15-16H2,1H3,(H,25,29). The number of ketones is 1. The van der Waals surface area contributed by atoms with Gasteiger partial charge in [-0.25, -0.2) is 0 Å². The van der Waals surface area contributed by atoms with Crippen LogP contribution in [-0.4, -0.2) is 53.8 Å². The largest absolute Gasteiger partial charge is 0.486 e. The van der Waals surface area contributed by atoms with Crippen LogP contribution < -0.4 is 14.8 Å². The lowest BCUT2D eigenvalue weighted by molar-refractivity contribution is -0.132. The van der Waals surface area contributed by atoms with Crippen molar-refractivity contribution in [3.63, 3.8) is 0 Å². The fraction of sp³-hybridized carbons (Fsp3) is 0.625. The quantitative estimate of drug-likeness (QED) is 0.744. The van der Waals surface area contributed by atoms with Gasteiger partial charge in [0.05, 0.1) is 12.0 Å². The normalized spacial score (nSPS) is 21.1. The number of carbonyl (C=O) groups excluding carboxylic acids is 3. The maximum absolute atomic E-state index is 12.7. The van der Waals surface area contributed by atoms with E-state index in [-0.39, 0.29) is 30.2 Å². The van der Waals surface area contributed by atoms with Gasteiger partial charge in [-0.2, -0.15) is 0 Å². The van der Waals surface area contributed by atoms with E-state index in [1.165, 1.54) is 12.8 Å². The Balaban J connectivity index is 1.36. The van der Waals surface area contributed by atoms with E-state index in [9.17, 15) is 14.4 Å². The van der Waals surface area contributed by atoms with Crippen molar-refractivity contribution in [1.82, 2.24) is 10.2 Å². The van der Waals surface area contributed by atoms with Crippen molar-refractivity contribution < 1.29 is 23.9 Å². The second kappa shape index (κ2) is 9.28. The van der Waals surface area contributed by atoms with Crippen LogP contribution in [0.2, 0.25) is 0 Å². The van der Waals surface area contributed by atoms with Gasteiger partial charge in [0.15, 0.2) is 12.4 Å². The number of nitrogens with one attached hydrogen (secondary N) is 1. The maximum atomic E-state index is 12.7. The number of hydrogen-bond acceptors (Lipinski definition) is 5. The molecule has 7 nitrogen and oxygen atoms in total. The van der Waals surface area contributed by atoms with E-state index >= 15 is 0 Å². The van der Waals surface area contributed by atoms with Crippen LogP contribution in [0.25, 0.3) is 0 Å². The van der Waals surface area contributed by atoms with Gasteiger partial charge >= 0.3 is 0 Å². The minimum absolute atomic E-state index is 0.0511. The van der Waals surface area contributed by atoms with E-state index < -0.39 is 5.60 Å². The van der Waals surface area contributed by atoms with Gasteiger partial charge in [-0.3, -0.25) is 14.4 Å². The zero-order valence-electron chi connectivity index (χ0n) is 18.3. The van der Waals surface area contributed by atoms with E-state index in [2.05, 4.69) is 5.32 Å². The lowest BCUT2D eigenvalue weighted by atomic mass is 9.82. The van der Waals surface area contributed by atoms with Gasteiger partial charge in [-0.15, -0.1) is 0 Å². The number of hydrogen-bond donors (Lipinski definition) is 1. The minimum Gasteiger partial charge on any atom is -0.486 e. The first kappa shape index (κ1) is 21.7. The number of amides is 2. The highest BCUT2D eigenvalue weighted by atomic mass is 16.5. The van der Waals surface area contributed by atoms with Crippen LogP contribution in [0.4, 0.5) is 0 Å². The van der Waals surface area contributed by atoms with Crippen molar-refractivity contribution in [2.24, 2.45) is 0 Å². The van der Waals surface area contributed by atoms with Crippen molar-refractivity contribution in [2.75, 3.05) is 19.7 Å². The van der Waals surface area contributed by atoms with Gasteiger partial charge in [0.25, 0.3) is 5.91 Å². The summed E-state index contributed by atoms with van der Waals surface area (Å²) >= 11 is 0. The number of piperidine rings is 1. The highest BCUT2D eigenvalue weighted by Gasteiger charge is 2.43. The van der Waals surface area contributed by atoms with E-state index in [1.807, 2.05) is 0 Å². The topological polar surface area (TPSA) is 84.9 Å². The molecule has 2 amide bonds. The van der Waals surface area contributed by atoms with Crippen molar-refractivity contribution in [3.8, 4) is 11.5 Å². The average Bonchev–Trinajstić information content (AvgIpc) is 3.01. The van der Waals surface area contributed by atoms with E-state index in [0.29, 0.717) is 49.4 Å². The van der Waals surface area contributed by atoms with Crippen molar-refractivity contribution >= 4 is 17.6 Å². The maximum Gasteiger partial charge on any atom is 0.258 e. The van der Waals surface area contributed by atoms with E-state index in [4.69, 9.17) is 9.47 Å². The Kier molecular flexibility index (Phi) is 6.49. The molecule has 1 N–H and O–H groups in total. The van der Waals surface area contributed by atoms with Crippen LogP contribution in [0.1, 0.15) is 75.1 Å². The zero-order chi connectivity index (χ0) is 21.8. The molecule has 4 rings (SSSR count). The van der Waals surface area contributed by atoms with Crippen LogP contribution in [-0.2, 0) is 9.59 Å². The second-order valence-corrected chi connectivity index (χ2v) is 9.09. The molecule has 1 aromatic carbocycles. The summed E-state index contributed by atoms with van der Waals surface area (Å²) in [7, 11) is 0. The van der Waals surface area contributed by atoms with Gasteiger partial charge in [-0.05, 0) is 25.0 Å². The molecule has 0 radical (unpaired) electrons. The van der Waals surface area contributed by atoms with Crippen LogP contribution >= 0.6 is 0 Å². The van der Waals surface area contributed by atoms with Crippen LogP contribution in [0, 0.1) is 0 Å². The predicted molar refractivity (Wildman–Crippen MR) is 115 cm³/mol. The molecule has 31 heavy (non-hydrogen) atoms. The molecule has 2 fully saturated rings. The molecule has 1 saturated carbocycles. The molecule has 0 atom stereocenters. The second-order valence-electron chi connectivity index (χ2n) is 9.09. The number of Topliss-reactive ketones (excluding diaryl/α,β-unsaturated/α-hetero) is 1. The number of benzene rings is 1. The summed E-state index contributed by atoms with van der Waals surface area (Å²) in [4.78, 5) is 38.5. The lowest BCUT2D eigenvalue weighted by Crippen LogP contribution is -2.51. The van der Waals surface area contributed by atoms with E-state index in [0.717, 1.165) is 25.7 Å². The molecule has 2 heterocycles. The summed E-state index contributed by atoms with van der Waals surface area (Å²) in [5, 5.41) is 3.08. The third kappa shape index (κ3) is 5.20. The van der Waals surface area contributed by atoms with Crippen molar-refractivity contribution in [1.29, 1.82) is 0 Å². The number of fused-ring (bicyclic) bond motifs is 1. The molecule has 0 bridgehead atoms. The first-order valence-electron chi connectivity index (χ1n) is 11.5. The lowest BCUT2D eigenvalue weighted by Gasteiger charge is -2.43. The van der Waals surface area contributed by atoms with E-state index in [1.54, 1.807) is 30.0 Å². The van der Waals surface area contributed by atoms with Crippen LogP contribution in [0.3, 0.4) is 0 Å². The molecule has 168 valence electrons. The average molecular weight is 429 g/mol. The highest BCUT2D eigenvalue weighted by molar-refractivity contribution is 6.00. The SMILES string of the molecule is CC(=O)N1CCC2(CC1)CC(=O)c1ccc(OCC(=O)NC3CCCCCC3)cc1O2. The van der Waals surface area contributed by atoms with Gasteiger partial charge in [0.2, 0.25) is 5.91 Å². The first-order chi connectivity index (χ1) is 14.9. The van der Waals surface area contributed by atoms with Crippen molar-refractivity contribution in [2.45, 2.75) is 76.4 Å². The number of nitrogens with zero attached hydrogens (tertiary/aromatic N) is 1. The van der Waals surface area contributed by atoms with Crippen molar-refractivity contribution in [3.05, 3.63) is 23.8 Å². The third-order valence-electron chi connectivity index (χ3n) is 6.77. The monoisotopic (exact) mass is 428 g/mol. The fourth-order valence-corrected chi connectivity index (χ4v) is 4.91. The molecular formula is C24H32N2O5. The number of carbonyl (C=O) groups is 3. The molecule has 0 unspecified atom stereocenters. The molecule has 7 heteroatoms.